The molecule has 0 aliphatic carbocycles. The summed E-state index contributed by atoms with van der Waals surface area (Å²) in [6.45, 7) is 14.2. The first-order valence-electron chi connectivity index (χ1n) is 10.7. The molecule has 0 fully saturated rings. The van der Waals surface area contributed by atoms with Gasteiger partial charge in [-0.15, -0.1) is 9.35 Å². The first kappa shape index (κ1) is 29.0. The highest BCUT2D eigenvalue weighted by Crippen LogP contribution is 2.56. The largest absolute Gasteiger partial charge is 0.463 e. The molecule has 0 aliphatic heterocycles. The zero-order valence-corrected chi connectivity index (χ0v) is 20.4. The van der Waals surface area contributed by atoms with Crippen molar-refractivity contribution in [2.24, 2.45) is 0 Å². The summed E-state index contributed by atoms with van der Waals surface area (Å²) in [5.41, 5.74) is -1.60. The first-order valence-corrected chi connectivity index (χ1v) is 12.3. The summed E-state index contributed by atoms with van der Waals surface area (Å²) < 4.78 is 34.3. The Labute approximate surface area is 180 Å². The lowest BCUT2D eigenvalue weighted by molar-refractivity contribution is -0.297. The molecule has 0 aromatic heterocycles. The molecule has 0 spiro atoms. The second-order valence-corrected chi connectivity index (χ2v) is 9.40. The highest BCUT2D eigenvalue weighted by Gasteiger charge is 2.48. The van der Waals surface area contributed by atoms with Crippen molar-refractivity contribution in [3.8, 4) is 0 Å². The second-order valence-electron chi connectivity index (χ2n) is 7.40. The minimum atomic E-state index is -4.41. The van der Waals surface area contributed by atoms with Crippen LogP contribution >= 0.6 is 7.60 Å². The van der Waals surface area contributed by atoms with Gasteiger partial charge in [0.2, 0.25) is 0 Å². The summed E-state index contributed by atoms with van der Waals surface area (Å²) in [7, 11) is -4.41. The van der Waals surface area contributed by atoms with Gasteiger partial charge in [0.05, 0.1) is 30.8 Å². The molecule has 30 heavy (non-hydrogen) atoms. The van der Waals surface area contributed by atoms with E-state index in [9.17, 15) is 14.2 Å². The average Bonchev–Trinajstić information content (AvgIpc) is 2.73. The van der Waals surface area contributed by atoms with E-state index in [1.165, 1.54) is 0 Å². The Morgan fingerprint density at radius 2 is 1.10 bits per heavy atom. The molecular formula is C20H39O9P. The quantitative estimate of drug-likeness (QED) is 0.136. The minimum absolute atomic E-state index is 0.363. The second kappa shape index (κ2) is 14.9. The van der Waals surface area contributed by atoms with Crippen LogP contribution in [0.15, 0.2) is 0 Å². The van der Waals surface area contributed by atoms with Crippen molar-refractivity contribution < 1.29 is 42.8 Å². The zero-order valence-electron chi connectivity index (χ0n) is 19.5. The lowest BCUT2D eigenvalue weighted by atomic mass is 10.2. The van der Waals surface area contributed by atoms with Crippen LogP contribution < -0.4 is 0 Å². The normalized spacial score (nSPS) is 18.5. The molecule has 0 radical (unpaired) electrons. The van der Waals surface area contributed by atoms with Crippen LogP contribution in [0.5, 0.6) is 0 Å². The van der Waals surface area contributed by atoms with Crippen molar-refractivity contribution >= 4 is 19.5 Å². The number of carbonyl (C=O) groups excluding carboxylic acids is 2. The van der Waals surface area contributed by atoms with Gasteiger partial charge < -0.3 is 9.47 Å². The third-order valence-electron chi connectivity index (χ3n) is 4.59. The standard InChI is InChI=1S/C20H39O9P/c1-9-14(5)24-19(21)13-18(20(22)25-15(6)10-2)30(23,28-26-16(7)11-3)29-27-17(8)12-4/h14-18H,9-13H2,1-8H3. The van der Waals surface area contributed by atoms with E-state index in [2.05, 4.69) is 0 Å². The summed E-state index contributed by atoms with van der Waals surface area (Å²) in [6.07, 6.45) is 0.00987. The lowest BCUT2D eigenvalue weighted by Crippen LogP contribution is -2.32. The van der Waals surface area contributed by atoms with Crippen molar-refractivity contribution in [3.05, 3.63) is 0 Å². The molecular weight excluding hydrogens is 415 g/mol. The zero-order chi connectivity index (χ0) is 23.3. The summed E-state index contributed by atoms with van der Waals surface area (Å²) in [6, 6.07) is 0. The summed E-state index contributed by atoms with van der Waals surface area (Å²) in [5.74, 6) is -1.63. The lowest BCUT2D eigenvalue weighted by Gasteiger charge is -2.26. The SMILES string of the molecule is CCC(C)OOP(=O)(OOC(C)CC)C(CC(=O)OC(C)CC)C(=O)OC(C)CC. The maximum absolute atomic E-state index is 13.6. The number of carbonyl (C=O) groups is 2. The highest BCUT2D eigenvalue weighted by atomic mass is 31.2. The van der Waals surface area contributed by atoms with Crippen LogP contribution in [-0.4, -0.2) is 42.0 Å². The Kier molecular flexibility index (Phi) is 14.4. The van der Waals surface area contributed by atoms with Crippen molar-refractivity contribution in [3.63, 3.8) is 0 Å². The van der Waals surface area contributed by atoms with E-state index in [0.29, 0.717) is 25.7 Å². The molecule has 178 valence electrons. The molecule has 0 N–H and O–H groups in total. The van der Waals surface area contributed by atoms with Gasteiger partial charge in [0.15, 0.2) is 5.66 Å². The molecule has 0 aliphatic rings. The van der Waals surface area contributed by atoms with Gasteiger partial charge in [-0.25, -0.2) is 9.78 Å². The Morgan fingerprint density at radius 1 is 0.700 bits per heavy atom. The molecule has 0 aromatic rings. The van der Waals surface area contributed by atoms with Gasteiger partial charge in [0.25, 0.3) is 0 Å². The monoisotopic (exact) mass is 454 g/mol. The molecule has 0 aromatic carbocycles. The number of rotatable bonds is 16. The third-order valence-corrected chi connectivity index (χ3v) is 6.33. The van der Waals surface area contributed by atoms with E-state index >= 15 is 0 Å². The Morgan fingerprint density at radius 3 is 1.50 bits per heavy atom. The molecule has 0 saturated heterocycles. The molecule has 0 heterocycles. The van der Waals surface area contributed by atoms with Crippen molar-refractivity contribution in [2.75, 3.05) is 0 Å². The fourth-order valence-electron chi connectivity index (χ4n) is 1.72. The van der Waals surface area contributed by atoms with E-state index in [1.807, 2.05) is 27.7 Å². The molecule has 5 atom stereocenters. The number of esters is 2. The third kappa shape index (κ3) is 10.9. The van der Waals surface area contributed by atoms with E-state index in [4.69, 9.17) is 28.6 Å². The molecule has 0 rings (SSSR count). The van der Waals surface area contributed by atoms with Crippen molar-refractivity contribution in [2.45, 2.75) is 118 Å². The molecule has 5 unspecified atom stereocenters. The predicted octanol–water partition coefficient (Wildman–Crippen LogP) is 5.12. The van der Waals surface area contributed by atoms with Crippen LogP contribution in [0, 0.1) is 0 Å². The van der Waals surface area contributed by atoms with E-state index in [-0.39, 0.29) is 6.10 Å². The van der Waals surface area contributed by atoms with Crippen LogP contribution in [0.2, 0.25) is 0 Å². The topological polar surface area (TPSA) is 107 Å². The van der Waals surface area contributed by atoms with Gasteiger partial charge >= 0.3 is 19.5 Å². The average molecular weight is 454 g/mol. The van der Waals surface area contributed by atoms with Crippen LogP contribution in [-0.2, 0) is 42.8 Å². The number of ether oxygens (including phenoxy) is 2. The first-order chi connectivity index (χ1) is 14.0. The molecule has 10 heteroatoms. The van der Waals surface area contributed by atoms with Gasteiger partial charge in [-0.05, 0) is 53.4 Å². The summed E-state index contributed by atoms with van der Waals surface area (Å²) in [4.78, 5) is 35.5. The van der Waals surface area contributed by atoms with Crippen LogP contribution in [0.3, 0.4) is 0 Å². The summed E-state index contributed by atoms with van der Waals surface area (Å²) in [5, 5.41) is 0. The maximum Gasteiger partial charge on any atom is 0.398 e. The number of hydrogen-bond acceptors (Lipinski definition) is 9. The van der Waals surface area contributed by atoms with Gasteiger partial charge in [-0.3, -0.25) is 14.2 Å². The van der Waals surface area contributed by atoms with E-state index in [1.54, 1.807) is 27.7 Å². The van der Waals surface area contributed by atoms with Crippen LogP contribution in [0.1, 0.15) is 87.5 Å². The highest BCUT2D eigenvalue weighted by molar-refractivity contribution is 7.55. The van der Waals surface area contributed by atoms with Gasteiger partial charge in [0.1, 0.15) is 0 Å². The molecule has 9 nitrogen and oxygen atoms in total. The Bertz CT molecular complexity index is 536. The van der Waals surface area contributed by atoms with Gasteiger partial charge in [-0.1, -0.05) is 27.7 Å². The van der Waals surface area contributed by atoms with Gasteiger partial charge in [-0.2, -0.15) is 0 Å². The predicted molar refractivity (Wildman–Crippen MR) is 112 cm³/mol. The molecule has 0 bridgehead atoms. The van der Waals surface area contributed by atoms with Crippen LogP contribution in [0.25, 0.3) is 0 Å². The molecule has 0 saturated carbocycles. The molecule has 0 amide bonds. The Hall–Kier alpha value is -0.990. The maximum atomic E-state index is 13.6. The minimum Gasteiger partial charge on any atom is -0.463 e. The fraction of sp³-hybridized carbons (Fsp3) is 0.900. The van der Waals surface area contributed by atoms with Gasteiger partial charge in [0, 0.05) is 0 Å². The van der Waals surface area contributed by atoms with Crippen LogP contribution in [0.4, 0.5) is 0 Å². The van der Waals surface area contributed by atoms with E-state index < -0.39 is 49.9 Å². The number of hydrogen-bond donors (Lipinski definition) is 0. The smallest absolute Gasteiger partial charge is 0.398 e. The van der Waals surface area contributed by atoms with E-state index in [0.717, 1.165) is 0 Å². The Balaban J connectivity index is 5.78. The van der Waals surface area contributed by atoms with Crippen molar-refractivity contribution in [1.82, 2.24) is 0 Å². The summed E-state index contributed by atoms with van der Waals surface area (Å²) >= 11 is 0. The fourth-order valence-corrected chi connectivity index (χ4v) is 3.18. The van der Waals surface area contributed by atoms with Crippen molar-refractivity contribution in [1.29, 1.82) is 0 Å².